The summed E-state index contributed by atoms with van der Waals surface area (Å²) in [6.45, 7) is 1.68. The number of nitrogens with two attached hydrogens (primary N) is 1. The molecule has 106 valence electrons. The molecule has 3 N–H and O–H groups in total. The van der Waals surface area contributed by atoms with Crippen LogP contribution in [0.4, 0.5) is 8.78 Å². The summed E-state index contributed by atoms with van der Waals surface area (Å²) in [5, 5.41) is 4.73. The lowest BCUT2D eigenvalue weighted by molar-refractivity contribution is -0.124. The molecule has 6 heteroatoms. The summed E-state index contributed by atoms with van der Waals surface area (Å²) in [5.74, 6) is -2.44. The maximum absolute atomic E-state index is 13.9. The first-order valence-corrected chi connectivity index (χ1v) is 6.85. The lowest BCUT2D eigenvalue weighted by Gasteiger charge is -2.28. The van der Waals surface area contributed by atoms with E-state index in [0.717, 1.165) is 17.0 Å². The van der Waals surface area contributed by atoms with Gasteiger partial charge in [-0.15, -0.1) is 11.3 Å². The van der Waals surface area contributed by atoms with Crippen LogP contribution >= 0.6 is 11.3 Å². The fourth-order valence-corrected chi connectivity index (χ4v) is 2.60. The molecule has 0 aliphatic heterocycles. The molecule has 0 radical (unpaired) electrons. The summed E-state index contributed by atoms with van der Waals surface area (Å²) in [5.41, 5.74) is 3.38. The summed E-state index contributed by atoms with van der Waals surface area (Å²) in [6.07, 6.45) is 0. The molecule has 0 bridgehead atoms. The summed E-state index contributed by atoms with van der Waals surface area (Å²) in [6, 6.07) is 7.16. The monoisotopic (exact) mass is 296 g/mol. The van der Waals surface area contributed by atoms with Crippen LogP contribution in [0.25, 0.3) is 0 Å². The van der Waals surface area contributed by atoms with Crippen molar-refractivity contribution < 1.29 is 13.6 Å². The summed E-state index contributed by atoms with van der Waals surface area (Å²) >= 11 is 1.48. The number of halogens is 2. The zero-order valence-electron chi connectivity index (χ0n) is 10.8. The summed E-state index contributed by atoms with van der Waals surface area (Å²) in [7, 11) is 0. The highest BCUT2D eigenvalue weighted by molar-refractivity contribution is 7.09. The lowest BCUT2D eigenvalue weighted by Crippen LogP contribution is -2.51. The van der Waals surface area contributed by atoms with Gasteiger partial charge in [0, 0.05) is 11.4 Å². The second-order valence-electron chi connectivity index (χ2n) is 4.52. The normalized spacial score (nSPS) is 13.9. The number of nitrogens with one attached hydrogen (secondary N) is 1. The van der Waals surface area contributed by atoms with E-state index in [2.05, 4.69) is 5.32 Å². The Morgan fingerprint density at radius 1 is 1.30 bits per heavy atom. The Bertz CT molecular complexity index is 595. The van der Waals surface area contributed by atoms with Crippen molar-refractivity contribution in [2.45, 2.75) is 19.0 Å². The van der Waals surface area contributed by atoms with Gasteiger partial charge in [-0.1, -0.05) is 12.1 Å². The van der Waals surface area contributed by atoms with Crippen molar-refractivity contribution in [3.63, 3.8) is 0 Å². The maximum Gasteiger partial charge on any atom is 0.242 e. The number of benzene rings is 1. The van der Waals surface area contributed by atoms with Gasteiger partial charge in [0.1, 0.15) is 17.2 Å². The van der Waals surface area contributed by atoms with Crippen LogP contribution in [0.5, 0.6) is 0 Å². The quantitative estimate of drug-likeness (QED) is 0.891. The fraction of sp³-hybridized carbons (Fsp3) is 0.214. The molecule has 0 spiro atoms. The highest BCUT2D eigenvalue weighted by Crippen LogP contribution is 2.27. The van der Waals surface area contributed by atoms with Crippen molar-refractivity contribution in [3.05, 3.63) is 57.8 Å². The van der Waals surface area contributed by atoms with Crippen LogP contribution in [0.1, 0.15) is 17.4 Å². The summed E-state index contributed by atoms with van der Waals surface area (Å²) < 4.78 is 27.8. The Hall–Kier alpha value is -1.79. The van der Waals surface area contributed by atoms with Gasteiger partial charge in [0.15, 0.2) is 0 Å². The molecule has 0 aliphatic carbocycles. The van der Waals surface area contributed by atoms with Crippen molar-refractivity contribution in [1.82, 2.24) is 5.32 Å². The smallest absolute Gasteiger partial charge is 0.242 e. The van der Waals surface area contributed by atoms with Crippen molar-refractivity contribution in [2.24, 2.45) is 5.73 Å². The second kappa shape index (κ2) is 5.68. The van der Waals surface area contributed by atoms with E-state index in [4.69, 9.17) is 5.73 Å². The van der Waals surface area contributed by atoms with Gasteiger partial charge in [-0.25, -0.2) is 8.78 Å². The van der Waals surface area contributed by atoms with Crippen LogP contribution in [0.2, 0.25) is 0 Å². The van der Waals surface area contributed by atoms with Crippen LogP contribution in [0.3, 0.4) is 0 Å². The number of carbonyl (C=O) groups is 1. The largest absolute Gasteiger partial charge is 0.368 e. The second-order valence-corrected chi connectivity index (χ2v) is 5.55. The Morgan fingerprint density at radius 3 is 2.45 bits per heavy atom. The Labute approximate surface area is 119 Å². The number of rotatable bonds is 5. The van der Waals surface area contributed by atoms with Gasteiger partial charge in [-0.2, -0.15) is 0 Å². The Balaban J connectivity index is 2.36. The third kappa shape index (κ3) is 2.71. The molecule has 0 saturated heterocycles. The van der Waals surface area contributed by atoms with E-state index in [1.165, 1.54) is 24.3 Å². The van der Waals surface area contributed by atoms with Crippen LogP contribution in [-0.2, 0) is 16.9 Å². The number of primary amides is 1. The third-order valence-electron chi connectivity index (χ3n) is 3.15. The molecule has 1 heterocycles. The van der Waals surface area contributed by atoms with E-state index < -0.39 is 23.1 Å². The van der Waals surface area contributed by atoms with Crippen LogP contribution in [-0.4, -0.2) is 5.91 Å². The topological polar surface area (TPSA) is 55.1 Å². The van der Waals surface area contributed by atoms with E-state index in [-0.39, 0.29) is 5.56 Å². The molecular formula is C14H14F2N2OS. The number of hydrogen-bond acceptors (Lipinski definition) is 3. The van der Waals surface area contributed by atoms with Gasteiger partial charge < -0.3 is 5.73 Å². The zero-order valence-corrected chi connectivity index (χ0v) is 11.6. The number of carbonyl (C=O) groups excluding carboxylic acids is 1. The standard InChI is InChI=1S/C14H14F2N2OS/c1-14(13(17)19,18-8-9-4-3-7-20-9)12-10(15)5-2-6-11(12)16/h2-7,18H,8H2,1H3,(H2,17,19). The SMILES string of the molecule is CC(NCc1cccs1)(C(N)=O)c1c(F)cccc1F. The highest BCUT2D eigenvalue weighted by atomic mass is 32.1. The molecule has 1 aromatic carbocycles. The zero-order chi connectivity index (χ0) is 14.8. The predicted molar refractivity (Wildman–Crippen MR) is 74.1 cm³/mol. The predicted octanol–water partition coefficient (Wildman–Crippen LogP) is 2.52. The van der Waals surface area contributed by atoms with Gasteiger partial charge in [0.25, 0.3) is 0 Å². The Kier molecular flexibility index (Phi) is 4.15. The van der Waals surface area contributed by atoms with Crippen LogP contribution in [0, 0.1) is 11.6 Å². The van der Waals surface area contributed by atoms with Crippen molar-refractivity contribution >= 4 is 17.2 Å². The third-order valence-corrected chi connectivity index (χ3v) is 4.03. The number of amides is 1. The lowest BCUT2D eigenvalue weighted by atomic mass is 9.90. The molecule has 2 aromatic rings. The fourth-order valence-electron chi connectivity index (χ4n) is 1.95. The molecule has 2 rings (SSSR count). The molecule has 0 fully saturated rings. The minimum absolute atomic E-state index is 0.297. The minimum atomic E-state index is -1.61. The van der Waals surface area contributed by atoms with Gasteiger partial charge in [0.2, 0.25) is 5.91 Å². The molecule has 3 nitrogen and oxygen atoms in total. The highest BCUT2D eigenvalue weighted by Gasteiger charge is 2.37. The number of hydrogen-bond donors (Lipinski definition) is 2. The van der Waals surface area contributed by atoms with Gasteiger partial charge in [-0.3, -0.25) is 10.1 Å². The van der Waals surface area contributed by atoms with Crippen molar-refractivity contribution in [3.8, 4) is 0 Å². The molecule has 20 heavy (non-hydrogen) atoms. The van der Waals surface area contributed by atoms with Crippen molar-refractivity contribution in [1.29, 1.82) is 0 Å². The van der Waals surface area contributed by atoms with E-state index in [9.17, 15) is 13.6 Å². The first kappa shape index (κ1) is 14.6. The Morgan fingerprint density at radius 2 is 1.95 bits per heavy atom. The molecule has 1 aromatic heterocycles. The molecule has 1 amide bonds. The van der Waals surface area contributed by atoms with E-state index in [1.54, 1.807) is 0 Å². The van der Waals surface area contributed by atoms with E-state index >= 15 is 0 Å². The average Bonchev–Trinajstić information content (AvgIpc) is 2.89. The molecule has 1 unspecified atom stereocenters. The van der Waals surface area contributed by atoms with Gasteiger partial charge >= 0.3 is 0 Å². The molecule has 0 aliphatic rings. The van der Waals surface area contributed by atoms with Gasteiger partial charge in [-0.05, 0) is 30.5 Å². The van der Waals surface area contributed by atoms with E-state index in [1.807, 2.05) is 17.5 Å². The first-order chi connectivity index (χ1) is 9.45. The van der Waals surface area contributed by atoms with E-state index in [0.29, 0.717) is 6.54 Å². The first-order valence-electron chi connectivity index (χ1n) is 5.97. The van der Waals surface area contributed by atoms with Crippen LogP contribution in [0.15, 0.2) is 35.7 Å². The summed E-state index contributed by atoms with van der Waals surface area (Å²) in [4.78, 5) is 12.7. The number of thiophene rings is 1. The molecule has 0 saturated carbocycles. The minimum Gasteiger partial charge on any atom is -0.368 e. The van der Waals surface area contributed by atoms with Gasteiger partial charge in [0.05, 0.1) is 5.56 Å². The average molecular weight is 296 g/mol. The molecular weight excluding hydrogens is 282 g/mol. The van der Waals surface area contributed by atoms with Crippen LogP contribution < -0.4 is 11.1 Å². The maximum atomic E-state index is 13.9. The van der Waals surface area contributed by atoms with Crippen molar-refractivity contribution in [2.75, 3.05) is 0 Å². The molecule has 1 atom stereocenters.